The smallest absolute Gasteiger partial charge is 0.412 e. The number of rotatable bonds is 4. The molecule has 1 atom stereocenters. The Hall–Kier alpha value is -2.83. The summed E-state index contributed by atoms with van der Waals surface area (Å²) in [7, 11) is 0. The monoisotopic (exact) mass is 315 g/mol. The van der Waals surface area contributed by atoms with Gasteiger partial charge in [0.25, 0.3) is 0 Å². The Balaban J connectivity index is 1.68. The molecular formula is C16H17N3O4. The van der Waals surface area contributed by atoms with E-state index in [4.69, 9.17) is 9.47 Å². The van der Waals surface area contributed by atoms with E-state index >= 15 is 0 Å². The molecule has 0 radical (unpaired) electrons. The summed E-state index contributed by atoms with van der Waals surface area (Å²) in [5.74, 6) is 0.249. The second kappa shape index (κ2) is 6.51. The molecular weight excluding hydrogens is 298 g/mol. The number of imidazole rings is 1. The first-order valence-electron chi connectivity index (χ1n) is 7.44. The lowest BCUT2D eigenvalue weighted by Gasteiger charge is -2.13. The first-order chi connectivity index (χ1) is 11.2. The highest BCUT2D eigenvalue weighted by molar-refractivity contribution is 5.99. The minimum atomic E-state index is -0.622. The number of carbonyl (C=O) groups is 2. The zero-order valence-corrected chi connectivity index (χ0v) is 12.7. The van der Waals surface area contributed by atoms with Crippen molar-refractivity contribution in [3.05, 3.63) is 48.0 Å². The molecule has 1 aromatic heterocycles. The van der Waals surface area contributed by atoms with Gasteiger partial charge in [0.05, 0.1) is 17.9 Å². The van der Waals surface area contributed by atoms with E-state index in [1.54, 1.807) is 37.4 Å². The van der Waals surface area contributed by atoms with Gasteiger partial charge < -0.3 is 14.0 Å². The molecule has 1 aliphatic rings. The number of benzene rings is 1. The maximum absolute atomic E-state index is 12.1. The van der Waals surface area contributed by atoms with Crippen molar-refractivity contribution in [3.8, 4) is 0 Å². The lowest BCUT2D eigenvalue weighted by Crippen LogP contribution is -2.19. The molecule has 0 fully saturated rings. The molecule has 1 N–H and O–H groups in total. The molecule has 0 unspecified atom stereocenters. The minimum absolute atomic E-state index is 0.266. The van der Waals surface area contributed by atoms with Gasteiger partial charge in [-0.3, -0.25) is 5.32 Å². The number of ether oxygens (including phenoxy) is 2. The van der Waals surface area contributed by atoms with E-state index in [-0.39, 0.29) is 12.7 Å². The second-order valence-electron chi connectivity index (χ2n) is 5.05. The van der Waals surface area contributed by atoms with Crippen LogP contribution in [0.2, 0.25) is 0 Å². The fraction of sp³-hybridized carbons (Fsp3) is 0.312. The van der Waals surface area contributed by atoms with Crippen molar-refractivity contribution in [1.29, 1.82) is 0 Å². The zero-order chi connectivity index (χ0) is 16.2. The summed E-state index contributed by atoms with van der Waals surface area (Å²) in [4.78, 5) is 28.2. The Labute approximate surface area is 133 Å². The van der Waals surface area contributed by atoms with Gasteiger partial charge in [0.1, 0.15) is 5.82 Å². The van der Waals surface area contributed by atoms with E-state index in [1.807, 2.05) is 10.8 Å². The molecule has 0 saturated heterocycles. The summed E-state index contributed by atoms with van der Waals surface area (Å²) in [6.07, 6.45) is 3.23. The molecule has 7 heteroatoms. The number of aryl methyl sites for hydroxylation is 1. The number of fused-ring (bicyclic) bond motifs is 1. The Morgan fingerprint density at radius 1 is 1.39 bits per heavy atom. The van der Waals surface area contributed by atoms with Gasteiger partial charge in [-0.05, 0) is 19.1 Å². The number of anilines is 1. The number of nitrogens with zero attached hydrogens (tertiary/aromatic N) is 2. The van der Waals surface area contributed by atoms with Gasteiger partial charge in [-0.2, -0.15) is 0 Å². The lowest BCUT2D eigenvalue weighted by atomic mass is 10.2. The fourth-order valence-corrected chi connectivity index (χ4v) is 2.54. The second-order valence-corrected chi connectivity index (χ2v) is 5.05. The van der Waals surface area contributed by atoms with Crippen LogP contribution < -0.4 is 5.32 Å². The van der Waals surface area contributed by atoms with Crippen molar-refractivity contribution in [2.45, 2.75) is 26.0 Å². The number of carbonyl (C=O) groups excluding carboxylic acids is 2. The van der Waals surface area contributed by atoms with Crippen LogP contribution in [0.1, 0.15) is 35.6 Å². The molecule has 0 bridgehead atoms. The van der Waals surface area contributed by atoms with Gasteiger partial charge in [0, 0.05) is 25.4 Å². The van der Waals surface area contributed by atoms with E-state index in [1.165, 1.54) is 0 Å². The molecule has 0 spiro atoms. The van der Waals surface area contributed by atoms with E-state index < -0.39 is 12.1 Å². The molecule has 2 aromatic rings. The molecule has 2 heterocycles. The van der Waals surface area contributed by atoms with Crippen LogP contribution in [0, 0.1) is 0 Å². The van der Waals surface area contributed by atoms with Crippen LogP contribution in [-0.2, 0) is 16.0 Å². The normalized spacial score (nSPS) is 15.8. The number of amides is 1. The fourth-order valence-electron chi connectivity index (χ4n) is 2.54. The van der Waals surface area contributed by atoms with Crippen LogP contribution in [0.3, 0.4) is 0 Å². The molecule has 0 saturated carbocycles. The molecule has 120 valence electrons. The summed E-state index contributed by atoms with van der Waals surface area (Å²) < 4.78 is 12.3. The van der Waals surface area contributed by atoms with Gasteiger partial charge in [-0.25, -0.2) is 14.6 Å². The van der Waals surface area contributed by atoms with E-state index in [2.05, 4.69) is 10.3 Å². The molecule has 0 aliphatic carbocycles. The molecule has 7 nitrogen and oxygen atoms in total. The summed E-state index contributed by atoms with van der Waals surface area (Å²) in [6.45, 7) is 2.76. The Kier molecular flexibility index (Phi) is 4.27. The highest BCUT2D eigenvalue weighted by Crippen LogP contribution is 2.28. The number of hydrogen-bond acceptors (Lipinski definition) is 5. The third-order valence-electron chi connectivity index (χ3n) is 3.58. The zero-order valence-electron chi connectivity index (χ0n) is 12.7. The topological polar surface area (TPSA) is 82.5 Å². The van der Waals surface area contributed by atoms with Crippen LogP contribution in [0.15, 0.2) is 36.7 Å². The van der Waals surface area contributed by atoms with Gasteiger partial charge in [-0.1, -0.05) is 12.1 Å². The van der Waals surface area contributed by atoms with E-state index in [9.17, 15) is 9.59 Å². The Bertz CT molecular complexity index is 726. The van der Waals surface area contributed by atoms with Crippen molar-refractivity contribution >= 4 is 17.7 Å². The number of para-hydroxylation sites is 1. The maximum atomic E-state index is 12.1. The maximum Gasteiger partial charge on any atom is 0.412 e. The van der Waals surface area contributed by atoms with Gasteiger partial charge in [0.2, 0.25) is 0 Å². The third kappa shape index (κ3) is 3.18. The van der Waals surface area contributed by atoms with Crippen LogP contribution in [0.4, 0.5) is 10.5 Å². The van der Waals surface area contributed by atoms with Crippen LogP contribution in [0.25, 0.3) is 0 Å². The average molecular weight is 315 g/mol. The minimum Gasteiger partial charge on any atom is -0.462 e. The Morgan fingerprint density at radius 3 is 3.04 bits per heavy atom. The molecule has 23 heavy (non-hydrogen) atoms. The van der Waals surface area contributed by atoms with Crippen molar-refractivity contribution in [2.75, 3.05) is 11.9 Å². The summed E-state index contributed by atoms with van der Waals surface area (Å²) in [5.41, 5.74) is 0.650. The van der Waals surface area contributed by atoms with Gasteiger partial charge >= 0.3 is 12.1 Å². The first-order valence-corrected chi connectivity index (χ1v) is 7.44. The number of esters is 1. The number of aromatic nitrogens is 2. The average Bonchev–Trinajstić information content (AvgIpc) is 3.13. The molecule has 1 aliphatic heterocycles. The van der Waals surface area contributed by atoms with Crippen molar-refractivity contribution in [1.82, 2.24) is 9.55 Å². The summed E-state index contributed by atoms with van der Waals surface area (Å²) >= 11 is 0. The first kappa shape index (κ1) is 15.1. The lowest BCUT2D eigenvalue weighted by molar-refractivity contribution is 0.0527. The predicted molar refractivity (Wildman–Crippen MR) is 82.1 cm³/mol. The van der Waals surface area contributed by atoms with Crippen molar-refractivity contribution < 1.29 is 19.1 Å². The molecule has 1 amide bonds. The standard InChI is InChI=1S/C16H17N3O4/c1-2-22-15(20)11-5-3-4-6-12(11)18-16(21)23-13-7-9-19-10-8-17-14(13)19/h3-6,8,10,13H,2,7,9H2,1H3,(H,18,21)/t13-/m0/s1. The van der Waals surface area contributed by atoms with Crippen molar-refractivity contribution in [3.63, 3.8) is 0 Å². The van der Waals surface area contributed by atoms with E-state index in [0.717, 1.165) is 12.4 Å². The molecule has 3 rings (SSSR count). The predicted octanol–water partition coefficient (Wildman–Crippen LogP) is 2.75. The van der Waals surface area contributed by atoms with Crippen LogP contribution >= 0.6 is 0 Å². The van der Waals surface area contributed by atoms with Crippen LogP contribution in [-0.4, -0.2) is 28.2 Å². The van der Waals surface area contributed by atoms with Crippen molar-refractivity contribution in [2.24, 2.45) is 0 Å². The summed E-state index contributed by atoms with van der Waals surface area (Å²) in [5, 5.41) is 2.60. The van der Waals surface area contributed by atoms with Gasteiger partial charge in [0.15, 0.2) is 6.10 Å². The quantitative estimate of drug-likeness (QED) is 0.877. The number of hydrogen-bond donors (Lipinski definition) is 1. The Morgan fingerprint density at radius 2 is 2.22 bits per heavy atom. The number of nitrogens with one attached hydrogen (secondary N) is 1. The van der Waals surface area contributed by atoms with E-state index in [0.29, 0.717) is 17.7 Å². The third-order valence-corrected chi connectivity index (χ3v) is 3.58. The van der Waals surface area contributed by atoms with Gasteiger partial charge in [-0.15, -0.1) is 0 Å². The largest absolute Gasteiger partial charge is 0.462 e. The SMILES string of the molecule is CCOC(=O)c1ccccc1NC(=O)O[C@H]1CCn2ccnc21. The highest BCUT2D eigenvalue weighted by atomic mass is 16.6. The summed E-state index contributed by atoms with van der Waals surface area (Å²) in [6, 6.07) is 6.65. The molecule has 1 aromatic carbocycles. The highest BCUT2D eigenvalue weighted by Gasteiger charge is 2.27. The van der Waals surface area contributed by atoms with Crippen LogP contribution in [0.5, 0.6) is 0 Å².